The lowest BCUT2D eigenvalue weighted by Crippen LogP contribution is -2.49. The van der Waals surface area contributed by atoms with E-state index in [4.69, 9.17) is 0 Å². The van der Waals surface area contributed by atoms with E-state index < -0.39 is 12.0 Å². The quantitative estimate of drug-likeness (QED) is 0.922. The van der Waals surface area contributed by atoms with Crippen molar-refractivity contribution in [3.8, 4) is 11.3 Å². The molecule has 1 fully saturated rings. The van der Waals surface area contributed by atoms with Crippen molar-refractivity contribution in [2.75, 3.05) is 6.54 Å². The summed E-state index contributed by atoms with van der Waals surface area (Å²) in [6.45, 7) is 0.486. The maximum Gasteiger partial charge on any atom is 0.326 e. The summed E-state index contributed by atoms with van der Waals surface area (Å²) in [5.41, 5.74) is 1.61. The van der Waals surface area contributed by atoms with E-state index in [0.29, 0.717) is 18.7 Å². The van der Waals surface area contributed by atoms with Gasteiger partial charge < -0.3 is 10.0 Å². The van der Waals surface area contributed by atoms with Crippen LogP contribution in [0.4, 0.5) is 0 Å². The Morgan fingerprint density at radius 3 is 2.74 bits per heavy atom. The molecule has 1 amide bonds. The zero-order valence-corrected chi connectivity index (χ0v) is 12.6. The van der Waals surface area contributed by atoms with Crippen molar-refractivity contribution in [2.24, 2.45) is 0 Å². The fraction of sp³-hybridized carbons (Fsp3) is 0.375. The van der Waals surface area contributed by atoms with Gasteiger partial charge in [-0.1, -0.05) is 35.5 Å². The highest BCUT2D eigenvalue weighted by atomic mass is 16.4. The van der Waals surface area contributed by atoms with Crippen LogP contribution in [-0.4, -0.2) is 49.5 Å². The second-order valence-corrected chi connectivity index (χ2v) is 5.60. The molecule has 120 valence electrons. The Balaban J connectivity index is 1.70. The van der Waals surface area contributed by atoms with E-state index in [1.54, 1.807) is 6.20 Å². The molecule has 23 heavy (non-hydrogen) atoms. The lowest BCUT2D eigenvalue weighted by Gasteiger charge is -2.32. The molecule has 1 saturated heterocycles. The van der Waals surface area contributed by atoms with Crippen LogP contribution >= 0.6 is 0 Å². The minimum atomic E-state index is -0.943. The number of carbonyl (C=O) groups excluding carboxylic acids is 1. The Hall–Kier alpha value is -2.70. The molecule has 1 aromatic carbocycles. The van der Waals surface area contributed by atoms with Crippen LogP contribution in [0.2, 0.25) is 0 Å². The van der Waals surface area contributed by atoms with Gasteiger partial charge in [0.05, 0.1) is 6.20 Å². The molecule has 2 aromatic rings. The van der Waals surface area contributed by atoms with Crippen molar-refractivity contribution in [1.29, 1.82) is 0 Å². The number of rotatable bonds is 4. The Bertz CT molecular complexity index is 698. The Morgan fingerprint density at radius 2 is 2.00 bits per heavy atom. The van der Waals surface area contributed by atoms with Crippen molar-refractivity contribution in [3.05, 3.63) is 36.5 Å². The van der Waals surface area contributed by atoms with E-state index in [-0.39, 0.29) is 12.5 Å². The van der Waals surface area contributed by atoms with Gasteiger partial charge in [0.15, 0.2) is 0 Å². The lowest BCUT2D eigenvalue weighted by atomic mass is 10.0. The van der Waals surface area contributed by atoms with Crippen molar-refractivity contribution in [2.45, 2.75) is 31.8 Å². The molecule has 0 aliphatic carbocycles. The van der Waals surface area contributed by atoms with E-state index in [9.17, 15) is 14.7 Å². The van der Waals surface area contributed by atoms with Gasteiger partial charge in [0.1, 0.15) is 18.3 Å². The third kappa shape index (κ3) is 3.39. The minimum absolute atomic E-state index is 0.00358. The van der Waals surface area contributed by atoms with Crippen LogP contribution < -0.4 is 0 Å². The molecule has 1 atom stereocenters. The van der Waals surface area contributed by atoms with E-state index >= 15 is 0 Å². The van der Waals surface area contributed by atoms with Crippen molar-refractivity contribution in [1.82, 2.24) is 19.9 Å². The summed E-state index contributed by atoms with van der Waals surface area (Å²) in [5.74, 6) is -1.18. The topological polar surface area (TPSA) is 88.3 Å². The average molecular weight is 314 g/mol. The number of likely N-dealkylation sites (tertiary alicyclic amines) is 1. The number of piperidine rings is 1. The third-order valence-corrected chi connectivity index (χ3v) is 4.01. The summed E-state index contributed by atoms with van der Waals surface area (Å²) >= 11 is 0. The fourth-order valence-corrected chi connectivity index (χ4v) is 2.83. The number of hydrogen-bond acceptors (Lipinski definition) is 4. The van der Waals surface area contributed by atoms with Crippen LogP contribution in [-0.2, 0) is 16.1 Å². The highest BCUT2D eigenvalue weighted by molar-refractivity contribution is 5.83. The SMILES string of the molecule is O=C(O)[C@@H]1CCCCN1C(=O)Cn1cc(-c2ccccc2)nn1. The fourth-order valence-electron chi connectivity index (χ4n) is 2.83. The number of carbonyl (C=O) groups is 2. The zero-order valence-electron chi connectivity index (χ0n) is 12.6. The number of aliphatic carboxylic acids is 1. The second kappa shape index (κ2) is 6.60. The summed E-state index contributed by atoms with van der Waals surface area (Å²) in [5, 5.41) is 17.3. The summed E-state index contributed by atoms with van der Waals surface area (Å²) in [4.78, 5) is 25.1. The predicted molar refractivity (Wildman–Crippen MR) is 82.4 cm³/mol. The van der Waals surface area contributed by atoms with Gasteiger partial charge in [-0.05, 0) is 19.3 Å². The van der Waals surface area contributed by atoms with Crippen LogP contribution in [0.25, 0.3) is 11.3 Å². The second-order valence-electron chi connectivity index (χ2n) is 5.60. The molecule has 2 heterocycles. The Morgan fingerprint density at radius 1 is 1.22 bits per heavy atom. The molecule has 3 rings (SSSR count). The lowest BCUT2D eigenvalue weighted by molar-refractivity contribution is -0.152. The first-order valence-corrected chi connectivity index (χ1v) is 7.63. The van der Waals surface area contributed by atoms with E-state index in [1.165, 1.54) is 9.58 Å². The highest BCUT2D eigenvalue weighted by Gasteiger charge is 2.31. The van der Waals surface area contributed by atoms with E-state index in [0.717, 1.165) is 18.4 Å². The maximum absolute atomic E-state index is 12.4. The molecule has 0 bridgehead atoms. The molecule has 0 saturated carbocycles. The van der Waals surface area contributed by atoms with Gasteiger partial charge in [-0.3, -0.25) is 4.79 Å². The number of nitrogens with zero attached hydrogens (tertiary/aromatic N) is 4. The first-order chi connectivity index (χ1) is 11.1. The first-order valence-electron chi connectivity index (χ1n) is 7.63. The summed E-state index contributed by atoms with van der Waals surface area (Å²) in [6, 6.07) is 8.84. The number of amides is 1. The van der Waals surface area contributed by atoms with Gasteiger partial charge in [-0.25, -0.2) is 9.48 Å². The van der Waals surface area contributed by atoms with Gasteiger partial charge in [-0.15, -0.1) is 5.10 Å². The van der Waals surface area contributed by atoms with Crippen LogP contribution in [0, 0.1) is 0 Å². The molecule has 1 aromatic heterocycles. The number of carboxylic acid groups (broad SMARTS) is 1. The van der Waals surface area contributed by atoms with Crippen molar-refractivity contribution in [3.63, 3.8) is 0 Å². The van der Waals surface area contributed by atoms with Gasteiger partial charge in [0.2, 0.25) is 5.91 Å². The number of aromatic nitrogens is 3. The monoisotopic (exact) mass is 314 g/mol. The van der Waals surface area contributed by atoms with Gasteiger partial charge in [0, 0.05) is 12.1 Å². The summed E-state index contributed by atoms with van der Waals surface area (Å²) in [6.07, 6.45) is 3.88. The molecule has 1 N–H and O–H groups in total. The molecule has 0 spiro atoms. The van der Waals surface area contributed by atoms with E-state index in [2.05, 4.69) is 10.3 Å². The molecule has 7 heteroatoms. The summed E-state index contributed by atoms with van der Waals surface area (Å²) < 4.78 is 1.46. The Labute approximate surface area is 133 Å². The highest BCUT2D eigenvalue weighted by Crippen LogP contribution is 2.18. The number of hydrogen-bond donors (Lipinski definition) is 1. The molecule has 7 nitrogen and oxygen atoms in total. The number of benzene rings is 1. The largest absolute Gasteiger partial charge is 0.480 e. The van der Waals surface area contributed by atoms with Crippen molar-refractivity contribution < 1.29 is 14.7 Å². The Kier molecular flexibility index (Phi) is 4.36. The molecular weight excluding hydrogens is 296 g/mol. The predicted octanol–water partition coefficient (Wildman–Crippen LogP) is 1.41. The molecule has 0 unspecified atom stereocenters. The van der Waals surface area contributed by atoms with Crippen LogP contribution in [0.5, 0.6) is 0 Å². The van der Waals surface area contributed by atoms with Crippen molar-refractivity contribution >= 4 is 11.9 Å². The normalized spacial score (nSPS) is 17.9. The zero-order chi connectivity index (χ0) is 16.2. The first kappa shape index (κ1) is 15.2. The van der Waals surface area contributed by atoms with Gasteiger partial charge >= 0.3 is 5.97 Å². The minimum Gasteiger partial charge on any atom is -0.480 e. The standard InChI is InChI=1S/C16H18N4O3/c21-15(20-9-5-4-8-14(20)16(22)23)11-19-10-13(17-18-19)12-6-2-1-3-7-12/h1-3,6-7,10,14H,4-5,8-9,11H2,(H,22,23)/t14-/m0/s1. The molecule has 1 aliphatic rings. The van der Waals surface area contributed by atoms with Crippen LogP contribution in [0.3, 0.4) is 0 Å². The molecule has 0 radical (unpaired) electrons. The number of carboxylic acids is 1. The maximum atomic E-state index is 12.4. The van der Waals surface area contributed by atoms with Gasteiger partial charge in [-0.2, -0.15) is 0 Å². The molecule has 1 aliphatic heterocycles. The smallest absolute Gasteiger partial charge is 0.326 e. The van der Waals surface area contributed by atoms with Crippen LogP contribution in [0.1, 0.15) is 19.3 Å². The van der Waals surface area contributed by atoms with Gasteiger partial charge in [0.25, 0.3) is 0 Å². The van der Waals surface area contributed by atoms with Crippen LogP contribution in [0.15, 0.2) is 36.5 Å². The molecular formula is C16H18N4O3. The summed E-state index contributed by atoms with van der Waals surface area (Å²) in [7, 11) is 0. The average Bonchev–Trinajstić information content (AvgIpc) is 3.04. The van der Waals surface area contributed by atoms with E-state index in [1.807, 2.05) is 30.3 Å². The third-order valence-electron chi connectivity index (χ3n) is 4.01.